The molecule has 23 heavy (non-hydrogen) atoms. The van der Waals surface area contributed by atoms with E-state index in [4.69, 9.17) is 0 Å². The van der Waals surface area contributed by atoms with Crippen LogP contribution >= 0.6 is 0 Å². The number of aromatic nitrogens is 2. The van der Waals surface area contributed by atoms with Crippen molar-refractivity contribution in [3.63, 3.8) is 0 Å². The fourth-order valence-corrected chi connectivity index (χ4v) is 2.20. The summed E-state index contributed by atoms with van der Waals surface area (Å²) in [7, 11) is 0. The lowest BCUT2D eigenvalue weighted by Gasteiger charge is -2.12. The molecule has 3 aromatic rings. The van der Waals surface area contributed by atoms with E-state index in [1.807, 2.05) is 0 Å². The number of hydrogen-bond donors (Lipinski definition) is 1. The number of amides is 2. The maximum atomic E-state index is 12.8. The van der Waals surface area contributed by atoms with Gasteiger partial charge in [-0.2, -0.15) is 0 Å². The first-order valence-electron chi connectivity index (χ1n) is 6.67. The van der Waals surface area contributed by atoms with Gasteiger partial charge >= 0.3 is 6.03 Å². The van der Waals surface area contributed by atoms with Crippen LogP contribution < -0.4 is 10.9 Å². The summed E-state index contributed by atoms with van der Waals surface area (Å²) in [5.74, 6) is -0.0242. The molecule has 7 nitrogen and oxygen atoms in total. The number of nitrogens with one attached hydrogen (secondary N) is 1. The number of rotatable bonds is 2. The third-order valence-corrected chi connectivity index (χ3v) is 3.16. The van der Waals surface area contributed by atoms with Crippen LogP contribution in [-0.4, -0.2) is 21.7 Å². The molecule has 0 unspecified atom stereocenters. The lowest BCUT2D eigenvalue weighted by molar-refractivity contribution is 0.259. The zero-order valence-corrected chi connectivity index (χ0v) is 11.8. The maximum Gasteiger partial charge on any atom is 0.358 e. The monoisotopic (exact) mass is 306 g/mol. The zero-order chi connectivity index (χ0) is 16.2. The predicted octanol–water partition coefficient (Wildman–Crippen LogP) is 2.25. The Labute approximate surface area is 129 Å². The van der Waals surface area contributed by atoms with Crippen LogP contribution in [0.25, 0.3) is 16.6 Å². The normalized spacial score (nSPS) is 10.1. The summed E-state index contributed by atoms with van der Waals surface area (Å²) in [6.45, 7) is 0. The number of urea groups is 1. The third kappa shape index (κ3) is 2.76. The van der Waals surface area contributed by atoms with E-state index in [1.165, 1.54) is 4.57 Å². The Morgan fingerprint density at radius 1 is 1.09 bits per heavy atom. The zero-order valence-electron chi connectivity index (χ0n) is 11.8. The van der Waals surface area contributed by atoms with Crippen LogP contribution in [0, 0.1) is 0 Å². The first-order chi connectivity index (χ1) is 11.2. The summed E-state index contributed by atoms with van der Waals surface area (Å²) >= 11 is 0. The number of para-hydroxylation sites is 2. The molecule has 1 heterocycles. The summed E-state index contributed by atoms with van der Waals surface area (Å²) in [6.07, 6.45) is 1.15. The van der Waals surface area contributed by atoms with Crippen molar-refractivity contribution in [3.05, 3.63) is 65.0 Å². The van der Waals surface area contributed by atoms with Crippen molar-refractivity contribution >= 4 is 29.0 Å². The Hall–Kier alpha value is -3.57. The van der Waals surface area contributed by atoms with Crippen LogP contribution in [0.2, 0.25) is 0 Å². The van der Waals surface area contributed by atoms with E-state index in [-0.39, 0.29) is 11.5 Å². The fourth-order valence-electron chi connectivity index (χ4n) is 2.20. The second-order valence-corrected chi connectivity index (χ2v) is 4.56. The first-order valence-corrected chi connectivity index (χ1v) is 6.67. The third-order valence-electron chi connectivity index (χ3n) is 3.16. The number of nitrogens with zero attached hydrogens (tertiary/aromatic N) is 3. The predicted molar refractivity (Wildman–Crippen MR) is 84.5 cm³/mol. The fraction of sp³-hybridized carbons (Fsp3) is 0. The minimum Gasteiger partial charge on any atom is -0.275 e. The lowest BCUT2D eigenvalue weighted by Crippen LogP contribution is -2.25. The van der Waals surface area contributed by atoms with E-state index in [1.54, 1.807) is 54.6 Å². The highest BCUT2D eigenvalue weighted by Crippen LogP contribution is 2.16. The molecule has 0 aliphatic carbocycles. The van der Waals surface area contributed by atoms with Gasteiger partial charge in [-0.05, 0) is 24.3 Å². The molecule has 1 aromatic heterocycles. The molecule has 0 saturated heterocycles. The van der Waals surface area contributed by atoms with Crippen molar-refractivity contribution in [2.75, 3.05) is 5.32 Å². The average molecular weight is 306 g/mol. The molecular weight excluding hydrogens is 296 g/mol. The molecule has 0 aliphatic heterocycles. The molecular formula is C16H10N4O3. The van der Waals surface area contributed by atoms with Gasteiger partial charge in [0.2, 0.25) is 12.0 Å². The van der Waals surface area contributed by atoms with Crippen LogP contribution in [-0.2, 0) is 4.79 Å². The van der Waals surface area contributed by atoms with E-state index in [9.17, 15) is 14.4 Å². The SMILES string of the molecule is O=C=NC(=O)Nc1nc2ccccc2c(=O)n1-c1ccccc1. The standard InChI is InChI=1S/C16H10N4O3/c21-10-17-16(23)19-15-18-13-9-5-4-8-12(13)14(22)20(15)11-6-2-1-3-7-11/h1-9H,(H,18,19,23). The van der Waals surface area contributed by atoms with Crippen molar-refractivity contribution < 1.29 is 9.59 Å². The highest BCUT2D eigenvalue weighted by molar-refractivity contribution is 5.92. The molecule has 0 atom stereocenters. The molecule has 112 valence electrons. The number of hydrogen-bond acceptors (Lipinski definition) is 4. The highest BCUT2D eigenvalue weighted by Gasteiger charge is 2.14. The number of benzene rings is 2. The molecule has 1 N–H and O–H groups in total. The summed E-state index contributed by atoms with van der Waals surface area (Å²) in [5, 5.41) is 2.74. The average Bonchev–Trinajstić information content (AvgIpc) is 2.56. The summed E-state index contributed by atoms with van der Waals surface area (Å²) < 4.78 is 1.25. The van der Waals surface area contributed by atoms with Crippen molar-refractivity contribution in [1.82, 2.24) is 9.55 Å². The quantitative estimate of drug-likeness (QED) is 0.580. The Balaban J connectivity index is 2.30. The molecule has 0 bridgehead atoms. The van der Waals surface area contributed by atoms with E-state index >= 15 is 0 Å². The topological polar surface area (TPSA) is 93.4 Å². The van der Waals surface area contributed by atoms with Crippen LogP contribution in [0.15, 0.2) is 64.4 Å². The van der Waals surface area contributed by atoms with E-state index in [0.29, 0.717) is 16.6 Å². The molecule has 0 spiro atoms. The first kappa shape index (κ1) is 14.4. The smallest absolute Gasteiger partial charge is 0.275 e. The Morgan fingerprint density at radius 2 is 1.78 bits per heavy atom. The van der Waals surface area contributed by atoms with Crippen LogP contribution in [0.4, 0.5) is 10.7 Å². The van der Waals surface area contributed by atoms with Crippen molar-refractivity contribution in [3.8, 4) is 5.69 Å². The van der Waals surface area contributed by atoms with Crippen molar-refractivity contribution in [1.29, 1.82) is 0 Å². The van der Waals surface area contributed by atoms with Crippen LogP contribution in [0.5, 0.6) is 0 Å². The number of isocyanates is 1. The molecule has 0 saturated carbocycles. The molecule has 2 aromatic carbocycles. The van der Waals surface area contributed by atoms with Gasteiger partial charge < -0.3 is 0 Å². The minimum absolute atomic E-state index is 0.0242. The van der Waals surface area contributed by atoms with E-state index in [2.05, 4.69) is 15.3 Å². The number of fused-ring (bicyclic) bond motifs is 1. The Kier molecular flexibility index (Phi) is 3.78. The van der Waals surface area contributed by atoms with Gasteiger partial charge in [-0.3, -0.25) is 10.1 Å². The molecule has 0 fully saturated rings. The second kappa shape index (κ2) is 6.05. The second-order valence-electron chi connectivity index (χ2n) is 4.56. The highest BCUT2D eigenvalue weighted by atomic mass is 16.2. The van der Waals surface area contributed by atoms with Crippen molar-refractivity contribution in [2.24, 2.45) is 4.99 Å². The summed E-state index contributed by atoms with van der Waals surface area (Å²) in [6, 6.07) is 14.5. The maximum absolute atomic E-state index is 12.8. The number of carbonyl (C=O) groups excluding carboxylic acids is 2. The largest absolute Gasteiger partial charge is 0.358 e. The van der Waals surface area contributed by atoms with E-state index in [0.717, 1.165) is 6.08 Å². The van der Waals surface area contributed by atoms with Gasteiger partial charge in [-0.1, -0.05) is 30.3 Å². The van der Waals surface area contributed by atoms with Gasteiger partial charge in [-0.15, -0.1) is 4.99 Å². The number of anilines is 1. The van der Waals surface area contributed by atoms with Crippen LogP contribution in [0.1, 0.15) is 0 Å². The Morgan fingerprint density at radius 3 is 2.52 bits per heavy atom. The number of aliphatic imine (C=N–C) groups is 1. The molecule has 2 amide bonds. The molecule has 0 aliphatic rings. The summed E-state index contributed by atoms with van der Waals surface area (Å²) in [4.78, 5) is 41.7. The van der Waals surface area contributed by atoms with Gasteiger partial charge in [0.05, 0.1) is 16.6 Å². The Bertz CT molecular complexity index is 989. The van der Waals surface area contributed by atoms with Gasteiger partial charge in [0, 0.05) is 0 Å². The van der Waals surface area contributed by atoms with Gasteiger partial charge in [0.15, 0.2) is 0 Å². The van der Waals surface area contributed by atoms with Gasteiger partial charge in [-0.25, -0.2) is 19.1 Å². The van der Waals surface area contributed by atoms with Crippen LogP contribution in [0.3, 0.4) is 0 Å². The molecule has 3 rings (SSSR count). The summed E-state index contributed by atoms with van der Waals surface area (Å²) in [5.41, 5.74) is 0.614. The molecule has 7 heteroatoms. The lowest BCUT2D eigenvalue weighted by atomic mass is 10.2. The van der Waals surface area contributed by atoms with E-state index < -0.39 is 6.03 Å². The van der Waals surface area contributed by atoms with Gasteiger partial charge in [0.1, 0.15) is 0 Å². The molecule has 0 radical (unpaired) electrons. The minimum atomic E-state index is -0.952. The van der Waals surface area contributed by atoms with Gasteiger partial charge in [0.25, 0.3) is 5.56 Å². The van der Waals surface area contributed by atoms with Crippen molar-refractivity contribution in [2.45, 2.75) is 0 Å². The number of carbonyl (C=O) groups is 1.